The fourth-order valence-corrected chi connectivity index (χ4v) is 6.02. The van der Waals surface area contributed by atoms with Gasteiger partial charge in [0.2, 0.25) is 5.91 Å². The molecule has 3 amide bonds. The van der Waals surface area contributed by atoms with Crippen LogP contribution in [0.2, 0.25) is 0 Å². The van der Waals surface area contributed by atoms with E-state index in [0.717, 1.165) is 40.6 Å². The number of anilines is 1. The Labute approximate surface area is 194 Å². The van der Waals surface area contributed by atoms with Gasteiger partial charge in [-0.1, -0.05) is 18.2 Å². The number of nitrogens with one attached hydrogen (secondary N) is 2. The standard InChI is InChI=1S/C23H26N6O3S/c1-13(21(31)25-22-18(20(24)30)15-6-4-8-17(15)33-22)28-9-11-29(12-10-28)23(32)19-14-5-2-3-7-16(14)26-27-19/h2-3,5,7,13H,4,6,8-12H2,1H3,(H2,24,30)(H,25,31)(H,26,27). The smallest absolute Gasteiger partial charge is 0.275 e. The number of nitrogens with zero attached hydrogens (tertiary/aromatic N) is 3. The number of hydrogen-bond donors (Lipinski definition) is 3. The van der Waals surface area contributed by atoms with E-state index >= 15 is 0 Å². The predicted octanol–water partition coefficient (Wildman–Crippen LogP) is 2.00. The molecular formula is C23H26N6O3S. The number of carbonyl (C=O) groups excluding carboxylic acids is 3. The van der Waals surface area contributed by atoms with Gasteiger partial charge < -0.3 is 16.0 Å². The first-order valence-corrected chi connectivity index (χ1v) is 12.0. The van der Waals surface area contributed by atoms with Gasteiger partial charge in [-0.3, -0.25) is 24.4 Å². The molecule has 3 heterocycles. The Morgan fingerprint density at radius 3 is 2.67 bits per heavy atom. The monoisotopic (exact) mass is 466 g/mol. The normalized spacial score (nSPS) is 17.2. The molecule has 1 unspecified atom stereocenters. The largest absolute Gasteiger partial charge is 0.365 e. The minimum absolute atomic E-state index is 0.108. The Morgan fingerprint density at radius 1 is 1.15 bits per heavy atom. The zero-order valence-corrected chi connectivity index (χ0v) is 19.2. The number of para-hydroxylation sites is 1. The summed E-state index contributed by atoms with van der Waals surface area (Å²) in [6.07, 6.45) is 2.77. The average Bonchev–Trinajstić information content (AvgIpc) is 3.52. The predicted molar refractivity (Wildman–Crippen MR) is 127 cm³/mol. The second-order valence-electron chi connectivity index (χ2n) is 8.54. The van der Waals surface area contributed by atoms with Crippen molar-refractivity contribution >= 4 is 45.0 Å². The van der Waals surface area contributed by atoms with Crippen molar-refractivity contribution in [2.45, 2.75) is 32.2 Å². The molecule has 0 radical (unpaired) electrons. The van der Waals surface area contributed by atoms with Crippen LogP contribution >= 0.6 is 11.3 Å². The zero-order valence-electron chi connectivity index (χ0n) is 18.4. The number of aryl methyl sites for hydroxylation is 1. The van der Waals surface area contributed by atoms with Crippen molar-refractivity contribution in [1.29, 1.82) is 0 Å². The molecule has 33 heavy (non-hydrogen) atoms. The number of piperazine rings is 1. The molecule has 1 atom stereocenters. The third-order valence-corrected chi connectivity index (χ3v) is 7.81. The van der Waals surface area contributed by atoms with Crippen molar-refractivity contribution in [1.82, 2.24) is 20.0 Å². The van der Waals surface area contributed by atoms with Crippen LogP contribution in [0.1, 0.15) is 44.6 Å². The van der Waals surface area contributed by atoms with E-state index in [2.05, 4.69) is 15.5 Å². The summed E-state index contributed by atoms with van der Waals surface area (Å²) >= 11 is 1.46. The summed E-state index contributed by atoms with van der Waals surface area (Å²) in [4.78, 5) is 42.9. The van der Waals surface area contributed by atoms with E-state index in [4.69, 9.17) is 5.73 Å². The van der Waals surface area contributed by atoms with Crippen LogP contribution in [0, 0.1) is 0 Å². The molecule has 1 aliphatic carbocycles. The average molecular weight is 467 g/mol. The Morgan fingerprint density at radius 2 is 1.91 bits per heavy atom. The Hall–Kier alpha value is -3.24. The Bertz CT molecular complexity index is 1240. The highest BCUT2D eigenvalue weighted by Crippen LogP contribution is 2.39. The lowest BCUT2D eigenvalue weighted by Gasteiger charge is -2.37. The number of benzene rings is 1. The first-order valence-electron chi connectivity index (χ1n) is 11.2. The SMILES string of the molecule is CC(C(=O)Nc1sc2c(c1C(N)=O)CCC2)N1CCN(C(=O)c2n[nH]c3ccccc23)CC1. The molecule has 172 valence electrons. The van der Waals surface area contributed by atoms with Gasteiger partial charge in [0.15, 0.2) is 5.69 Å². The highest BCUT2D eigenvalue weighted by Gasteiger charge is 2.31. The van der Waals surface area contributed by atoms with Gasteiger partial charge in [-0.25, -0.2) is 0 Å². The molecule has 9 nitrogen and oxygen atoms in total. The number of fused-ring (bicyclic) bond motifs is 2. The molecular weight excluding hydrogens is 440 g/mol. The first kappa shape index (κ1) is 21.6. The van der Waals surface area contributed by atoms with Crippen molar-refractivity contribution in [3.63, 3.8) is 0 Å². The molecule has 0 spiro atoms. The van der Waals surface area contributed by atoms with Crippen LogP contribution in [0.25, 0.3) is 10.9 Å². The lowest BCUT2D eigenvalue weighted by atomic mass is 10.1. The number of nitrogens with two attached hydrogens (primary N) is 1. The van der Waals surface area contributed by atoms with E-state index in [1.54, 1.807) is 4.90 Å². The third-order valence-electron chi connectivity index (χ3n) is 6.61. The summed E-state index contributed by atoms with van der Waals surface area (Å²) in [6, 6.07) is 7.17. The number of aromatic amines is 1. The third kappa shape index (κ3) is 3.89. The summed E-state index contributed by atoms with van der Waals surface area (Å²) < 4.78 is 0. The second-order valence-corrected chi connectivity index (χ2v) is 9.64. The molecule has 0 saturated carbocycles. The van der Waals surface area contributed by atoms with Crippen LogP contribution < -0.4 is 11.1 Å². The van der Waals surface area contributed by atoms with Crippen LogP contribution in [0.5, 0.6) is 0 Å². The molecule has 10 heteroatoms. The molecule has 1 aliphatic heterocycles. The first-order chi connectivity index (χ1) is 15.9. The lowest BCUT2D eigenvalue weighted by Crippen LogP contribution is -2.54. The van der Waals surface area contributed by atoms with Crippen molar-refractivity contribution in [3.05, 3.63) is 46.0 Å². The van der Waals surface area contributed by atoms with E-state index in [1.165, 1.54) is 11.3 Å². The van der Waals surface area contributed by atoms with Gasteiger partial charge in [-0.05, 0) is 37.8 Å². The van der Waals surface area contributed by atoms with Crippen molar-refractivity contribution in [2.24, 2.45) is 5.73 Å². The fraction of sp³-hybridized carbons (Fsp3) is 0.391. The fourth-order valence-electron chi connectivity index (χ4n) is 4.72. The number of H-pyrrole nitrogens is 1. The number of amides is 3. The lowest BCUT2D eigenvalue weighted by molar-refractivity contribution is -0.121. The minimum Gasteiger partial charge on any atom is -0.365 e. The zero-order chi connectivity index (χ0) is 23.1. The molecule has 2 aliphatic rings. The highest BCUT2D eigenvalue weighted by molar-refractivity contribution is 7.17. The molecule has 1 saturated heterocycles. The van der Waals surface area contributed by atoms with Crippen molar-refractivity contribution in [2.75, 3.05) is 31.5 Å². The summed E-state index contributed by atoms with van der Waals surface area (Å²) in [6.45, 7) is 4.02. The van der Waals surface area contributed by atoms with E-state index in [-0.39, 0.29) is 11.8 Å². The Balaban J connectivity index is 1.22. The quantitative estimate of drug-likeness (QED) is 0.530. The van der Waals surface area contributed by atoms with Gasteiger partial charge in [0.25, 0.3) is 11.8 Å². The van der Waals surface area contributed by atoms with Crippen LogP contribution in [-0.2, 0) is 17.6 Å². The molecule has 1 fully saturated rings. The molecule has 4 N–H and O–H groups in total. The van der Waals surface area contributed by atoms with Crippen LogP contribution in [0.15, 0.2) is 24.3 Å². The van der Waals surface area contributed by atoms with E-state index in [1.807, 2.05) is 36.1 Å². The van der Waals surface area contributed by atoms with Gasteiger partial charge in [-0.2, -0.15) is 5.10 Å². The molecule has 5 rings (SSSR count). The summed E-state index contributed by atoms with van der Waals surface area (Å²) in [5.41, 5.74) is 8.33. The van der Waals surface area contributed by atoms with E-state index in [0.29, 0.717) is 42.4 Å². The van der Waals surface area contributed by atoms with Crippen LogP contribution in [0.4, 0.5) is 5.00 Å². The maximum atomic E-state index is 13.0. The summed E-state index contributed by atoms with van der Waals surface area (Å²) in [5.74, 6) is -0.769. The number of rotatable bonds is 5. The van der Waals surface area contributed by atoms with E-state index in [9.17, 15) is 14.4 Å². The van der Waals surface area contributed by atoms with E-state index < -0.39 is 11.9 Å². The van der Waals surface area contributed by atoms with Gasteiger partial charge >= 0.3 is 0 Å². The molecule has 1 aromatic carbocycles. The van der Waals surface area contributed by atoms with Crippen molar-refractivity contribution in [3.8, 4) is 0 Å². The number of aromatic nitrogens is 2. The van der Waals surface area contributed by atoms with Gasteiger partial charge in [0, 0.05) is 36.4 Å². The van der Waals surface area contributed by atoms with Gasteiger partial charge in [-0.15, -0.1) is 11.3 Å². The molecule has 3 aromatic rings. The van der Waals surface area contributed by atoms with Crippen LogP contribution in [-0.4, -0.2) is 69.9 Å². The molecule has 2 aromatic heterocycles. The topological polar surface area (TPSA) is 124 Å². The van der Waals surface area contributed by atoms with Gasteiger partial charge in [0.1, 0.15) is 5.00 Å². The maximum absolute atomic E-state index is 13.0. The Kier molecular flexibility index (Phi) is 5.63. The van der Waals surface area contributed by atoms with Gasteiger partial charge in [0.05, 0.1) is 17.1 Å². The molecule has 0 bridgehead atoms. The minimum atomic E-state index is -0.490. The summed E-state index contributed by atoms with van der Waals surface area (Å²) in [7, 11) is 0. The second kappa shape index (κ2) is 8.60. The number of carbonyl (C=O) groups is 3. The number of hydrogen-bond acceptors (Lipinski definition) is 6. The highest BCUT2D eigenvalue weighted by atomic mass is 32.1. The van der Waals surface area contributed by atoms with Crippen molar-refractivity contribution < 1.29 is 14.4 Å². The number of primary amides is 1. The maximum Gasteiger partial charge on any atom is 0.275 e. The summed E-state index contributed by atoms with van der Waals surface area (Å²) in [5, 5.41) is 11.4. The number of thiophene rings is 1. The van der Waals surface area contributed by atoms with Crippen LogP contribution in [0.3, 0.4) is 0 Å².